The molecule has 1 amide bonds. The summed E-state index contributed by atoms with van der Waals surface area (Å²) in [6, 6.07) is 10.4. The fourth-order valence-electron chi connectivity index (χ4n) is 2.28. The van der Waals surface area contributed by atoms with Gasteiger partial charge in [0.15, 0.2) is 0 Å². The molecular weight excluding hydrogens is 326 g/mol. The SMILES string of the molecule is O=C(O)c1ccc(Oc2ccc(NC(=O)C3CC3)cc2)cc1C(=O)O. The van der Waals surface area contributed by atoms with E-state index in [2.05, 4.69) is 5.32 Å². The van der Waals surface area contributed by atoms with Gasteiger partial charge in [-0.3, -0.25) is 4.79 Å². The maximum atomic E-state index is 11.7. The smallest absolute Gasteiger partial charge is 0.336 e. The highest BCUT2D eigenvalue weighted by molar-refractivity contribution is 6.02. The van der Waals surface area contributed by atoms with E-state index in [1.54, 1.807) is 24.3 Å². The summed E-state index contributed by atoms with van der Waals surface area (Å²) in [7, 11) is 0. The van der Waals surface area contributed by atoms with Crippen molar-refractivity contribution < 1.29 is 29.3 Å². The van der Waals surface area contributed by atoms with Gasteiger partial charge in [0, 0.05) is 11.6 Å². The van der Waals surface area contributed by atoms with Crippen molar-refractivity contribution in [3.05, 3.63) is 53.6 Å². The number of carboxylic acids is 2. The number of nitrogens with one attached hydrogen (secondary N) is 1. The van der Waals surface area contributed by atoms with Crippen molar-refractivity contribution in [3.63, 3.8) is 0 Å². The third kappa shape index (κ3) is 3.95. The number of hydrogen-bond donors (Lipinski definition) is 3. The van der Waals surface area contributed by atoms with Crippen LogP contribution in [0.3, 0.4) is 0 Å². The molecule has 1 fully saturated rings. The Balaban J connectivity index is 1.73. The van der Waals surface area contributed by atoms with Gasteiger partial charge in [-0.2, -0.15) is 0 Å². The second-order valence-electron chi connectivity index (χ2n) is 5.71. The Morgan fingerprint density at radius 1 is 0.880 bits per heavy atom. The van der Waals surface area contributed by atoms with E-state index in [9.17, 15) is 14.4 Å². The standard InChI is InChI=1S/C18H15NO6/c20-16(10-1-2-10)19-11-3-5-12(6-4-11)25-13-7-8-14(17(21)22)15(9-13)18(23)24/h3-10H,1-2H2,(H,19,20)(H,21,22)(H,23,24). The van der Waals surface area contributed by atoms with Crippen molar-refractivity contribution >= 4 is 23.5 Å². The molecule has 2 aromatic rings. The minimum Gasteiger partial charge on any atom is -0.478 e. The lowest BCUT2D eigenvalue weighted by Crippen LogP contribution is -2.12. The summed E-state index contributed by atoms with van der Waals surface area (Å²) in [6.45, 7) is 0. The molecule has 128 valence electrons. The Hall–Kier alpha value is -3.35. The second-order valence-corrected chi connectivity index (χ2v) is 5.71. The van der Waals surface area contributed by atoms with Crippen molar-refractivity contribution in [3.8, 4) is 11.5 Å². The van der Waals surface area contributed by atoms with Crippen molar-refractivity contribution in [1.82, 2.24) is 0 Å². The third-order valence-electron chi connectivity index (χ3n) is 3.76. The van der Waals surface area contributed by atoms with E-state index in [-0.39, 0.29) is 28.7 Å². The molecule has 0 atom stereocenters. The molecule has 0 bridgehead atoms. The largest absolute Gasteiger partial charge is 0.478 e. The van der Waals surface area contributed by atoms with Crippen LogP contribution in [0, 0.1) is 5.92 Å². The van der Waals surface area contributed by atoms with Gasteiger partial charge in [-0.25, -0.2) is 9.59 Å². The molecule has 2 aromatic carbocycles. The number of aromatic carboxylic acids is 2. The average Bonchev–Trinajstić information content (AvgIpc) is 3.41. The van der Waals surface area contributed by atoms with E-state index in [1.165, 1.54) is 12.1 Å². The molecule has 25 heavy (non-hydrogen) atoms. The Kier molecular flexibility index (Phi) is 4.38. The Morgan fingerprint density at radius 3 is 2.04 bits per heavy atom. The van der Waals surface area contributed by atoms with Crippen LogP contribution in [-0.2, 0) is 4.79 Å². The normalized spacial score (nSPS) is 13.1. The van der Waals surface area contributed by atoms with Gasteiger partial charge >= 0.3 is 11.9 Å². The van der Waals surface area contributed by atoms with Gasteiger partial charge in [0.1, 0.15) is 11.5 Å². The molecule has 7 heteroatoms. The Morgan fingerprint density at radius 2 is 1.48 bits per heavy atom. The highest BCUT2D eigenvalue weighted by Crippen LogP contribution is 2.31. The van der Waals surface area contributed by atoms with E-state index in [4.69, 9.17) is 14.9 Å². The lowest BCUT2D eigenvalue weighted by molar-refractivity contribution is -0.117. The van der Waals surface area contributed by atoms with Crippen molar-refractivity contribution in [2.45, 2.75) is 12.8 Å². The summed E-state index contributed by atoms with van der Waals surface area (Å²) in [5.74, 6) is -1.91. The van der Waals surface area contributed by atoms with Crippen LogP contribution in [0.25, 0.3) is 0 Å². The first-order valence-electron chi connectivity index (χ1n) is 7.63. The molecule has 0 unspecified atom stereocenters. The predicted molar refractivity (Wildman–Crippen MR) is 88.2 cm³/mol. The van der Waals surface area contributed by atoms with Crippen molar-refractivity contribution in [2.75, 3.05) is 5.32 Å². The maximum absolute atomic E-state index is 11.7. The fraction of sp³-hybridized carbons (Fsp3) is 0.167. The van der Waals surface area contributed by atoms with Crippen LogP contribution in [0.2, 0.25) is 0 Å². The first-order chi connectivity index (χ1) is 11.9. The minimum atomic E-state index is -1.35. The van der Waals surface area contributed by atoms with Gasteiger partial charge in [0.25, 0.3) is 0 Å². The van der Waals surface area contributed by atoms with E-state index in [0.29, 0.717) is 11.4 Å². The molecule has 1 saturated carbocycles. The van der Waals surface area contributed by atoms with Gasteiger partial charge in [-0.15, -0.1) is 0 Å². The number of carbonyl (C=O) groups is 3. The molecule has 0 heterocycles. The molecule has 0 aliphatic heterocycles. The second kappa shape index (κ2) is 6.64. The quantitative estimate of drug-likeness (QED) is 0.743. The zero-order valence-electron chi connectivity index (χ0n) is 13.1. The van der Waals surface area contributed by atoms with Gasteiger partial charge in [-0.05, 0) is 55.3 Å². The van der Waals surface area contributed by atoms with E-state index in [1.807, 2.05) is 0 Å². The number of anilines is 1. The van der Waals surface area contributed by atoms with E-state index < -0.39 is 11.9 Å². The highest BCUT2D eigenvalue weighted by Gasteiger charge is 2.29. The van der Waals surface area contributed by atoms with Crippen LogP contribution in [0.4, 0.5) is 5.69 Å². The van der Waals surface area contributed by atoms with E-state index in [0.717, 1.165) is 18.9 Å². The summed E-state index contributed by atoms with van der Waals surface area (Å²) >= 11 is 0. The number of hydrogen-bond acceptors (Lipinski definition) is 4. The Bertz CT molecular complexity index is 839. The van der Waals surface area contributed by atoms with Crippen molar-refractivity contribution in [1.29, 1.82) is 0 Å². The molecule has 1 aliphatic rings. The van der Waals surface area contributed by atoms with Crippen molar-refractivity contribution in [2.24, 2.45) is 5.92 Å². The van der Waals surface area contributed by atoms with Crippen LogP contribution in [0.5, 0.6) is 11.5 Å². The average molecular weight is 341 g/mol. The van der Waals surface area contributed by atoms with Gasteiger partial charge < -0.3 is 20.3 Å². The Labute approximate surface area is 142 Å². The van der Waals surface area contributed by atoms with Crippen LogP contribution < -0.4 is 10.1 Å². The number of rotatable bonds is 6. The van der Waals surface area contributed by atoms with Gasteiger partial charge in [-0.1, -0.05) is 0 Å². The number of amides is 1. The predicted octanol–water partition coefficient (Wildman–Crippen LogP) is 3.22. The first-order valence-corrected chi connectivity index (χ1v) is 7.63. The van der Waals surface area contributed by atoms with Crippen LogP contribution >= 0.6 is 0 Å². The molecule has 0 spiro atoms. The van der Waals surface area contributed by atoms with Crippen LogP contribution in [0.1, 0.15) is 33.6 Å². The topological polar surface area (TPSA) is 113 Å². The van der Waals surface area contributed by atoms with Gasteiger partial charge in [0.2, 0.25) is 5.91 Å². The molecule has 3 N–H and O–H groups in total. The summed E-state index contributed by atoms with van der Waals surface area (Å²) < 4.78 is 5.55. The number of benzene rings is 2. The molecule has 7 nitrogen and oxygen atoms in total. The monoisotopic (exact) mass is 341 g/mol. The number of carboxylic acid groups (broad SMARTS) is 2. The molecule has 3 rings (SSSR count). The fourth-order valence-corrected chi connectivity index (χ4v) is 2.28. The first kappa shape index (κ1) is 16.5. The lowest BCUT2D eigenvalue weighted by atomic mass is 10.1. The molecule has 0 saturated heterocycles. The summed E-state index contributed by atoms with van der Waals surface area (Å²) in [6.07, 6.45) is 1.84. The number of ether oxygens (including phenoxy) is 1. The minimum absolute atomic E-state index is 0.00373. The molecule has 0 aromatic heterocycles. The van der Waals surface area contributed by atoms with Crippen LogP contribution in [0.15, 0.2) is 42.5 Å². The summed E-state index contributed by atoms with van der Waals surface area (Å²) in [4.78, 5) is 33.9. The van der Waals surface area contributed by atoms with Gasteiger partial charge in [0.05, 0.1) is 11.1 Å². The van der Waals surface area contributed by atoms with E-state index >= 15 is 0 Å². The summed E-state index contributed by atoms with van der Waals surface area (Å²) in [5.41, 5.74) is -0.00648. The molecule has 0 radical (unpaired) electrons. The zero-order chi connectivity index (χ0) is 18.0. The molecular formula is C18H15NO6. The van der Waals surface area contributed by atoms with Crippen LogP contribution in [-0.4, -0.2) is 28.1 Å². The number of carbonyl (C=O) groups excluding carboxylic acids is 1. The molecule has 1 aliphatic carbocycles. The third-order valence-corrected chi connectivity index (χ3v) is 3.76. The summed E-state index contributed by atoms with van der Waals surface area (Å²) in [5, 5.41) is 20.9. The zero-order valence-corrected chi connectivity index (χ0v) is 13.1. The maximum Gasteiger partial charge on any atom is 0.336 e. The lowest BCUT2D eigenvalue weighted by Gasteiger charge is -2.09. The highest BCUT2D eigenvalue weighted by atomic mass is 16.5.